The minimum Gasteiger partial charge on any atom is -0.480 e. The Kier molecular flexibility index (Phi) is 5.21. The standard InChI is InChI=1S/C11H21N3O3/c1-2-8(10(15)16)13-11(17)14-9-6-4-3-5-7(9)12/h7-9H,2-6,12H2,1H3,(H,15,16)(H2,13,14,17)/t7?,8-,9?/m1/s1. The molecule has 1 aliphatic carbocycles. The summed E-state index contributed by atoms with van der Waals surface area (Å²) in [6.07, 6.45) is 4.27. The third-order valence-electron chi connectivity index (χ3n) is 3.15. The van der Waals surface area contributed by atoms with Crippen LogP contribution in [0.15, 0.2) is 0 Å². The normalized spacial score (nSPS) is 26.0. The molecular weight excluding hydrogens is 222 g/mol. The van der Waals surface area contributed by atoms with E-state index in [2.05, 4.69) is 10.6 Å². The van der Waals surface area contributed by atoms with Gasteiger partial charge in [0.25, 0.3) is 0 Å². The highest BCUT2D eigenvalue weighted by atomic mass is 16.4. The van der Waals surface area contributed by atoms with Crippen LogP contribution >= 0.6 is 0 Å². The second-order valence-corrected chi connectivity index (χ2v) is 4.47. The number of carbonyl (C=O) groups excluding carboxylic acids is 1. The molecule has 0 aliphatic heterocycles. The van der Waals surface area contributed by atoms with Gasteiger partial charge in [-0.3, -0.25) is 0 Å². The van der Waals surface area contributed by atoms with Gasteiger partial charge in [-0.1, -0.05) is 19.8 Å². The Balaban J connectivity index is 2.40. The highest BCUT2D eigenvalue weighted by Crippen LogP contribution is 2.16. The molecule has 3 atom stereocenters. The van der Waals surface area contributed by atoms with Gasteiger partial charge in [0.05, 0.1) is 0 Å². The lowest BCUT2D eigenvalue weighted by molar-refractivity contribution is -0.139. The fourth-order valence-corrected chi connectivity index (χ4v) is 2.05. The summed E-state index contributed by atoms with van der Waals surface area (Å²) in [5.41, 5.74) is 5.89. The minimum absolute atomic E-state index is 0.0283. The Morgan fingerprint density at radius 2 is 2.06 bits per heavy atom. The van der Waals surface area contributed by atoms with Gasteiger partial charge < -0.3 is 21.5 Å². The quantitative estimate of drug-likeness (QED) is 0.574. The number of carboxylic acids is 1. The summed E-state index contributed by atoms with van der Waals surface area (Å²) in [6.45, 7) is 1.71. The summed E-state index contributed by atoms with van der Waals surface area (Å²) in [7, 11) is 0. The Labute approximate surface area is 101 Å². The summed E-state index contributed by atoms with van der Waals surface area (Å²) in [5, 5.41) is 14.0. The Morgan fingerprint density at radius 3 is 2.59 bits per heavy atom. The number of rotatable bonds is 4. The van der Waals surface area contributed by atoms with Crippen molar-refractivity contribution < 1.29 is 14.7 Å². The summed E-state index contributed by atoms with van der Waals surface area (Å²) < 4.78 is 0. The largest absolute Gasteiger partial charge is 0.480 e. The molecule has 0 aromatic heterocycles. The predicted octanol–water partition coefficient (Wildman–Crippen LogP) is 0.419. The summed E-state index contributed by atoms with van der Waals surface area (Å²) in [5.74, 6) is -1.02. The third-order valence-corrected chi connectivity index (χ3v) is 3.15. The molecule has 0 aromatic rings. The van der Waals surface area contributed by atoms with Crippen LogP contribution < -0.4 is 16.4 Å². The Hall–Kier alpha value is -1.30. The van der Waals surface area contributed by atoms with E-state index in [0.29, 0.717) is 6.42 Å². The lowest BCUT2D eigenvalue weighted by Crippen LogP contribution is -2.54. The highest BCUT2D eigenvalue weighted by molar-refractivity contribution is 5.82. The van der Waals surface area contributed by atoms with Crippen molar-refractivity contribution in [3.05, 3.63) is 0 Å². The van der Waals surface area contributed by atoms with Gasteiger partial charge in [-0.15, -0.1) is 0 Å². The number of aliphatic carboxylic acids is 1. The highest BCUT2D eigenvalue weighted by Gasteiger charge is 2.25. The van der Waals surface area contributed by atoms with Gasteiger partial charge in [-0.05, 0) is 19.3 Å². The molecule has 0 aromatic carbocycles. The fraction of sp³-hybridized carbons (Fsp3) is 0.818. The molecule has 0 saturated heterocycles. The molecule has 17 heavy (non-hydrogen) atoms. The fourth-order valence-electron chi connectivity index (χ4n) is 2.05. The van der Waals surface area contributed by atoms with Crippen LogP contribution in [0.4, 0.5) is 4.79 Å². The van der Waals surface area contributed by atoms with Gasteiger partial charge >= 0.3 is 12.0 Å². The van der Waals surface area contributed by atoms with Gasteiger partial charge in [0, 0.05) is 12.1 Å². The van der Waals surface area contributed by atoms with Crippen molar-refractivity contribution in [1.82, 2.24) is 10.6 Å². The van der Waals surface area contributed by atoms with E-state index in [1.165, 1.54) is 0 Å². The zero-order valence-corrected chi connectivity index (χ0v) is 10.1. The van der Waals surface area contributed by atoms with E-state index in [4.69, 9.17) is 10.8 Å². The minimum atomic E-state index is -1.02. The van der Waals surface area contributed by atoms with Gasteiger partial charge in [-0.2, -0.15) is 0 Å². The second kappa shape index (κ2) is 6.44. The summed E-state index contributed by atoms with van der Waals surface area (Å²) in [4.78, 5) is 22.3. The number of hydrogen-bond acceptors (Lipinski definition) is 3. The number of carboxylic acid groups (broad SMARTS) is 1. The van der Waals surface area contributed by atoms with Crippen molar-refractivity contribution in [2.75, 3.05) is 0 Å². The Bertz CT molecular complexity index is 283. The first kappa shape index (κ1) is 13.8. The van der Waals surface area contributed by atoms with Crippen LogP contribution in [0.25, 0.3) is 0 Å². The average Bonchev–Trinajstić information content (AvgIpc) is 2.28. The molecule has 1 aliphatic rings. The van der Waals surface area contributed by atoms with E-state index in [0.717, 1.165) is 25.7 Å². The number of hydrogen-bond donors (Lipinski definition) is 4. The molecule has 1 fully saturated rings. The van der Waals surface area contributed by atoms with Crippen molar-refractivity contribution in [3.8, 4) is 0 Å². The molecule has 0 bridgehead atoms. The van der Waals surface area contributed by atoms with Crippen LogP contribution in [-0.4, -0.2) is 35.2 Å². The average molecular weight is 243 g/mol. The maximum Gasteiger partial charge on any atom is 0.326 e. The molecule has 1 rings (SSSR count). The van der Waals surface area contributed by atoms with E-state index < -0.39 is 18.0 Å². The third kappa shape index (κ3) is 4.22. The molecule has 0 heterocycles. The number of nitrogens with one attached hydrogen (secondary N) is 2. The maximum absolute atomic E-state index is 11.6. The molecule has 2 amide bonds. The predicted molar refractivity (Wildman–Crippen MR) is 63.6 cm³/mol. The zero-order chi connectivity index (χ0) is 12.8. The SMILES string of the molecule is CC[C@@H](NC(=O)NC1CCCCC1N)C(=O)O. The molecule has 2 unspecified atom stereocenters. The van der Waals surface area contributed by atoms with Crippen LogP contribution in [0.1, 0.15) is 39.0 Å². The van der Waals surface area contributed by atoms with Crippen LogP contribution in [-0.2, 0) is 4.79 Å². The topological polar surface area (TPSA) is 104 Å². The lowest BCUT2D eigenvalue weighted by atomic mass is 9.91. The molecule has 98 valence electrons. The lowest BCUT2D eigenvalue weighted by Gasteiger charge is -2.29. The van der Waals surface area contributed by atoms with Crippen molar-refractivity contribution >= 4 is 12.0 Å². The van der Waals surface area contributed by atoms with E-state index in [1.807, 2.05) is 0 Å². The van der Waals surface area contributed by atoms with Gasteiger partial charge in [0.2, 0.25) is 0 Å². The molecule has 0 spiro atoms. The van der Waals surface area contributed by atoms with E-state index in [1.54, 1.807) is 6.92 Å². The van der Waals surface area contributed by atoms with Crippen LogP contribution in [0.2, 0.25) is 0 Å². The van der Waals surface area contributed by atoms with Crippen molar-refractivity contribution in [2.24, 2.45) is 5.73 Å². The number of carbonyl (C=O) groups is 2. The second-order valence-electron chi connectivity index (χ2n) is 4.47. The summed E-state index contributed by atoms with van der Waals surface area (Å²) >= 11 is 0. The number of amides is 2. The van der Waals surface area contributed by atoms with Crippen molar-refractivity contribution in [3.63, 3.8) is 0 Å². The summed E-state index contributed by atoms with van der Waals surface area (Å²) in [6, 6.07) is -1.36. The maximum atomic E-state index is 11.6. The molecule has 6 nitrogen and oxygen atoms in total. The van der Waals surface area contributed by atoms with Crippen LogP contribution in [0.5, 0.6) is 0 Å². The zero-order valence-electron chi connectivity index (χ0n) is 10.1. The first-order chi connectivity index (χ1) is 8.04. The van der Waals surface area contributed by atoms with Gasteiger partial charge in [0.15, 0.2) is 0 Å². The van der Waals surface area contributed by atoms with Gasteiger partial charge in [0.1, 0.15) is 6.04 Å². The van der Waals surface area contributed by atoms with E-state index in [9.17, 15) is 9.59 Å². The number of urea groups is 1. The molecule has 5 N–H and O–H groups in total. The van der Waals surface area contributed by atoms with Crippen LogP contribution in [0, 0.1) is 0 Å². The van der Waals surface area contributed by atoms with E-state index >= 15 is 0 Å². The molecule has 1 saturated carbocycles. The van der Waals surface area contributed by atoms with Gasteiger partial charge in [-0.25, -0.2) is 9.59 Å². The van der Waals surface area contributed by atoms with Crippen molar-refractivity contribution in [1.29, 1.82) is 0 Å². The first-order valence-electron chi connectivity index (χ1n) is 6.10. The van der Waals surface area contributed by atoms with Crippen molar-refractivity contribution in [2.45, 2.75) is 57.2 Å². The monoisotopic (exact) mass is 243 g/mol. The molecule has 6 heteroatoms. The smallest absolute Gasteiger partial charge is 0.326 e. The Morgan fingerprint density at radius 1 is 1.41 bits per heavy atom. The van der Waals surface area contributed by atoms with Crippen LogP contribution in [0.3, 0.4) is 0 Å². The van der Waals surface area contributed by atoms with E-state index in [-0.39, 0.29) is 12.1 Å². The first-order valence-corrected chi connectivity index (χ1v) is 6.10. The molecular formula is C11H21N3O3. The molecule has 0 radical (unpaired) electrons. The number of nitrogens with two attached hydrogens (primary N) is 1.